The number of hydroxylamine groups is 1. The van der Waals surface area contributed by atoms with Crippen molar-refractivity contribution < 1.29 is 19.5 Å². The van der Waals surface area contributed by atoms with Crippen molar-refractivity contribution in [2.75, 3.05) is 0 Å². The van der Waals surface area contributed by atoms with Crippen LogP contribution in [0.15, 0.2) is 78.9 Å². The molecule has 0 spiro atoms. The summed E-state index contributed by atoms with van der Waals surface area (Å²) in [4.78, 5) is 30.1. The SMILES string of the molecule is Cc1cc(COc2ccc(C(N)=O)c(C3(CC(=O)NO)CCCCC3NCc3ccccc3)c2)c2ccccc2n1. The highest BCUT2D eigenvalue weighted by atomic mass is 16.5. The summed E-state index contributed by atoms with van der Waals surface area (Å²) in [5.74, 6) is -0.517. The molecule has 4 aromatic rings. The van der Waals surface area contributed by atoms with E-state index in [4.69, 9.17) is 10.5 Å². The van der Waals surface area contributed by atoms with Crippen LogP contribution in [0.3, 0.4) is 0 Å². The molecular weight excluding hydrogens is 516 g/mol. The molecule has 1 aromatic heterocycles. The third-order valence-electron chi connectivity index (χ3n) is 8.15. The lowest BCUT2D eigenvalue weighted by molar-refractivity contribution is -0.131. The van der Waals surface area contributed by atoms with Gasteiger partial charge in [0, 0.05) is 46.6 Å². The van der Waals surface area contributed by atoms with Gasteiger partial charge in [-0.2, -0.15) is 0 Å². The Labute approximate surface area is 239 Å². The summed E-state index contributed by atoms with van der Waals surface area (Å²) in [6.07, 6.45) is 3.29. The molecule has 1 aliphatic rings. The number of para-hydroxylation sites is 1. The second-order valence-corrected chi connectivity index (χ2v) is 10.8. The Kier molecular flexibility index (Phi) is 8.61. The largest absolute Gasteiger partial charge is 0.489 e. The van der Waals surface area contributed by atoms with Crippen molar-refractivity contribution in [1.82, 2.24) is 15.8 Å². The van der Waals surface area contributed by atoms with E-state index in [1.165, 1.54) is 0 Å². The molecule has 8 heteroatoms. The number of carbonyl (C=O) groups excluding carboxylic acids is 2. The number of carbonyl (C=O) groups is 2. The quantitative estimate of drug-likeness (QED) is 0.160. The topological polar surface area (TPSA) is 127 Å². The van der Waals surface area contributed by atoms with E-state index in [0.717, 1.165) is 47.0 Å². The van der Waals surface area contributed by atoms with Gasteiger partial charge in [0.05, 0.1) is 5.52 Å². The van der Waals surface area contributed by atoms with Crippen LogP contribution in [0.25, 0.3) is 10.9 Å². The van der Waals surface area contributed by atoms with E-state index in [1.807, 2.05) is 79.1 Å². The number of fused-ring (bicyclic) bond motifs is 1. The average Bonchev–Trinajstić information content (AvgIpc) is 2.99. The minimum Gasteiger partial charge on any atom is -0.489 e. The number of nitrogens with two attached hydrogens (primary N) is 1. The third kappa shape index (κ3) is 6.24. The summed E-state index contributed by atoms with van der Waals surface area (Å²) in [7, 11) is 0. The molecule has 0 saturated heterocycles. The Morgan fingerprint density at radius 2 is 1.83 bits per heavy atom. The highest BCUT2D eigenvalue weighted by molar-refractivity contribution is 5.95. The molecule has 5 N–H and O–H groups in total. The maximum absolute atomic E-state index is 12.8. The zero-order chi connectivity index (χ0) is 28.8. The van der Waals surface area contributed by atoms with E-state index < -0.39 is 17.2 Å². The number of rotatable bonds is 10. The molecule has 1 fully saturated rings. The highest BCUT2D eigenvalue weighted by Gasteiger charge is 2.45. The number of nitrogens with one attached hydrogen (secondary N) is 2. The highest BCUT2D eigenvalue weighted by Crippen LogP contribution is 2.45. The third-order valence-corrected chi connectivity index (χ3v) is 8.15. The minimum absolute atomic E-state index is 0.00607. The van der Waals surface area contributed by atoms with Crippen molar-refractivity contribution in [3.63, 3.8) is 0 Å². The Bertz CT molecular complexity index is 1540. The number of pyridine rings is 1. The number of hydrogen-bond acceptors (Lipinski definition) is 6. The van der Waals surface area contributed by atoms with Gasteiger partial charge in [-0.25, -0.2) is 5.48 Å². The van der Waals surface area contributed by atoms with Gasteiger partial charge in [0.25, 0.3) is 0 Å². The maximum Gasteiger partial charge on any atom is 0.249 e. The molecule has 2 unspecified atom stereocenters. The van der Waals surface area contributed by atoms with Gasteiger partial charge in [-0.05, 0) is 61.2 Å². The number of ether oxygens (including phenoxy) is 1. The number of aromatic nitrogens is 1. The summed E-state index contributed by atoms with van der Waals surface area (Å²) in [6, 6.07) is 25.1. The van der Waals surface area contributed by atoms with Crippen LogP contribution in [0.4, 0.5) is 0 Å². The fraction of sp³-hybridized carbons (Fsp3) is 0.303. The van der Waals surface area contributed by atoms with Crippen molar-refractivity contribution in [3.05, 3.63) is 107 Å². The van der Waals surface area contributed by atoms with Gasteiger partial charge < -0.3 is 15.8 Å². The number of primary amides is 1. The van der Waals surface area contributed by atoms with Crippen molar-refractivity contribution in [1.29, 1.82) is 0 Å². The summed E-state index contributed by atoms with van der Waals surface area (Å²) in [6.45, 7) is 2.86. The van der Waals surface area contributed by atoms with E-state index in [0.29, 0.717) is 36.4 Å². The van der Waals surface area contributed by atoms with Gasteiger partial charge in [0.1, 0.15) is 12.4 Å². The van der Waals surface area contributed by atoms with Gasteiger partial charge in [0.15, 0.2) is 0 Å². The molecular formula is C33H36N4O4. The molecule has 3 aromatic carbocycles. The summed E-state index contributed by atoms with van der Waals surface area (Å²) in [5, 5.41) is 14.2. The molecule has 41 heavy (non-hydrogen) atoms. The Balaban J connectivity index is 1.52. The Morgan fingerprint density at radius 1 is 1.05 bits per heavy atom. The minimum atomic E-state index is -0.788. The van der Waals surface area contributed by atoms with Gasteiger partial charge in [0.2, 0.25) is 11.8 Å². The Morgan fingerprint density at radius 3 is 2.61 bits per heavy atom. The molecule has 0 bridgehead atoms. The number of amides is 2. The van der Waals surface area contributed by atoms with Crippen LogP contribution in [0.1, 0.15) is 64.8 Å². The van der Waals surface area contributed by atoms with Crippen LogP contribution in [0.2, 0.25) is 0 Å². The first-order valence-corrected chi connectivity index (χ1v) is 14.0. The summed E-state index contributed by atoms with van der Waals surface area (Å²) < 4.78 is 6.31. The lowest BCUT2D eigenvalue weighted by Gasteiger charge is -2.45. The van der Waals surface area contributed by atoms with Crippen molar-refractivity contribution in [2.45, 2.75) is 63.6 Å². The van der Waals surface area contributed by atoms with Gasteiger partial charge >= 0.3 is 0 Å². The molecule has 0 radical (unpaired) electrons. The lowest BCUT2D eigenvalue weighted by Crippen LogP contribution is -2.53. The van der Waals surface area contributed by atoms with Crippen LogP contribution in [0, 0.1) is 6.92 Å². The first-order valence-electron chi connectivity index (χ1n) is 14.0. The van der Waals surface area contributed by atoms with E-state index in [9.17, 15) is 14.8 Å². The van der Waals surface area contributed by atoms with Crippen molar-refractivity contribution in [2.24, 2.45) is 5.73 Å². The monoisotopic (exact) mass is 552 g/mol. The fourth-order valence-corrected chi connectivity index (χ4v) is 6.24. The van der Waals surface area contributed by atoms with Crippen LogP contribution < -0.4 is 21.3 Å². The van der Waals surface area contributed by atoms with Crippen LogP contribution >= 0.6 is 0 Å². The van der Waals surface area contributed by atoms with Crippen LogP contribution in [-0.4, -0.2) is 28.0 Å². The second kappa shape index (κ2) is 12.5. The van der Waals surface area contributed by atoms with Crippen LogP contribution in [-0.2, 0) is 23.4 Å². The first-order chi connectivity index (χ1) is 19.9. The van der Waals surface area contributed by atoms with Crippen molar-refractivity contribution >= 4 is 22.7 Å². The predicted molar refractivity (Wildman–Crippen MR) is 158 cm³/mol. The number of hydrogen-bond donors (Lipinski definition) is 4. The fourth-order valence-electron chi connectivity index (χ4n) is 6.24. The molecule has 5 rings (SSSR count). The van der Waals surface area contributed by atoms with E-state index in [1.54, 1.807) is 12.1 Å². The molecule has 1 aliphatic carbocycles. The molecule has 2 amide bonds. The summed E-state index contributed by atoms with van der Waals surface area (Å²) in [5.41, 5.74) is 11.8. The number of nitrogens with zero attached hydrogens (tertiary/aromatic N) is 1. The maximum atomic E-state index is 12.8. The zero-order valence-electron chi connectivity index (χ0n) is 23.2. The van der Waals surface area contributed by atoms with Crippen LogP contribution in [0.5, 0.6) is 5.75 Å². The smallest absolute Gasteiger partial charge is 0.249 e. The predicted octanol–water partition coefficient (Wildman–Crippen LogP) is 5.09. The first kappa shape index (κ1) is 28.3. The molecule has 8 nitrogen and oxygen atoms in total. The van der Waals surface area contributed by atoms with Gasteiger partial charge in [-0.3, -0.25) is 19.8 Å². The zero-order valence-corrected chi connectivity index (χ0v) is 23.2. The number of aryl methyl sites for hydroxylation is 1. The lowest BCUT2D eigenvalue weighted by atomic mass is 9.62. The standard InChI is InChI=1S/C33H36N4O4/c1-22-17-24(26-11-5-6-12-29(26)36-22)21-41-25-14-15-27(32(34)39)28(18-25)33(19-31(38)37-40)16-8-7-13-30(33)35-20-23-9-3-2-4-10-23/h2-6,9-12,14-15,17-18,30,35,40H,7-8,13,16,19-21H2,1H3,(H2,34,39)(H,37,38). The van der Waals surface area contributed by atoms with E-state index >= 15 is 0 Å². The molecule has 212 valence electrons. The second-order valence-electron chi connectivity index (χ2n) is 10.8. The molecule has 1 heterocycles. The normalized spacial score (nSPS) is 18.6. The number of benzene rings is 3. The van der Waals surface area contributed by atoms with Gasteiger partial charge in [-0.1, -0.05) is 61.4 Å². The van der Waals surface area contributed by atoms with E-state index in [-0.39, 0.29) is 12.5 Å². The molecule has 2 atom stereocenters. The summed E-state index contributed by atoms with van der Waals surface area (Å²) >= 11 is 0. The van der Waals surface area contributed by atoms with Crippen molar-refractivity contribution in [3.8, 4) is 5.75 Å². The van der Waals surface area contributed by atoms with E-state index in [2.05, 4.69) is 10.3 Å². The molecule has 0 aliphatic heterocycles. The molecule has 1 saturated carbocycles. The average molecular weight is 553 g/mol. The Hall–Kier alpha value is -4.27. The van der Waals surface area contributed by atoms with Gasteiger partial charge in [-0.15, -0.1) is 0 Å².